The Morgan fingerprint density at radius 2 is 1.23 bits per heavy atom. The molecule has 0 amide bonds. The van der Waals surface area contributed by atoms with Gasteiger partial charge in [-0.2, -0.15) is 11.1 Å². The first kappa shape index (κ1) is 23.0. The van der Waals surface area contributed by atoms with E-state index in [0.717, 1.165) is 5.54 Å². The average Bonchev–Trinajstić information content (AvgIpc) is 3.32. The summed E-state index contributed by atoms with van der Waals surface area (Å²) < 4.78 is 0. The van der Waals surface area contributed by atoms with Gasteiger partial charge in [0.1, 0.15) is 0 Å². The summed E-state index contributed by atoms with van der Waals surface area (Å²) in [7, 11) is -0.113. The zero-order valence-corrected chi connectivity index (χ0v) is 23.9. The smallest absolute Gasteiger partial charge is 0.0307 e. The van der Waals surface area contributed by atoms with Crippen LogP contribution in [0, 0.1) is 12.8 Å². The molecular formula is C28H39HfSi-2. The minimum atomic E-state index is -0.113. The van der Waals surface area contributed by atoms with Gasteiger partial charge in [0.05, 0.1) is 0 Å². The Hall–Kier alpha value is -0.213. The Labute approximate surface area is 206 Å². The van der Waals surface area contributed by atoms with E-state index >= 15 is 0 Å². The standard InChI is InChI=1S/C15H22Si.C13H17.Hf/c1-16(2)13-7-8-15-12(10-13)9-11-5-3-4-6-14(11)15;1-3-7-12-10(5-1)9-11-6-2-4-8-13(11)12;/h10,13H,3-9H2,1-2H3;5H,1-4,6-9H2;/q2*-1;. The maximum atomic E-state index is 2.66. The van der Waals surface area contributed by atoms with Gasteiger partial charge in [-0.05, 0) is 51.4 Å². The van der Waals surface area contributed by atoms with Gasteiger partial charge in [-0.25, -0.2) is 24.0 Å². The van der Waals surface area contributed by atoms with Crippen LogP contribution in [-0.2, 0) is 25.8 Å². The Morgan fingerprint density at radius 3 is 1.90 bits per heavy atom. The number of hydrogen-bond donors (Lipinski definition) is 0. The Balaban J connectivity index is 0.000000143. The van der Waals surface area contributed by atoms with Gasteiger partial charge in [0.15, 0.2) is 0 Å². The molecule has 6 rings (SSSR count). The fourth-order valence-corrected chi connectivity index (χ4v) is 7.99. The molecule has 0 aromatic heterocycles. The van der Waals surface area contributed by atoms with E-state index in [4.69, 9.17) is 0 Å². The molecule has 0 aliphatic heterocycles. The topological polar surface area (TPSA) is 0 Å². The van der Waals surface area contributed by atoms with Crippen LogP contribution in [0.15, 0.2) is 44.6 Å². The van der Waals surface area contributed by atoms with E-state index in [1.54, 1.807) is 39.0 Å². The molecule has 1 unspecified atom stereocenters. The summed E-state index contributed by atoms with van der Waals surface area (Å²) >= 11 is 0. The molecule has 30 heavy (non-hydrogen) atoms. The van der Waals surface area contributed by atoms with E-state index in [0.29, 0.717) is 0 Å². The summed E-state index contributed by atoms with van der Waals surface area (Å²) in [5.74, 6) is 0. The summed E-state index contributed by atoms with van der Waals surface area (Å²) in [6.45, 7) is 4.94. The third-order valence-corrected chi connectivity index (χ3v) is 10.3. The van der Waals surface area contributed by atoms with Crippen molar-refractivity contribution in [2.75, 3.05) is 0 Å². The molecule has 0 heterocycles. The van der Waals surface area contributed by atoms with Crippen LogP contribution in [-0.4, -0.2) is 8.80 Å². The van der Waals surface area contributed by atoms with E-state index in [2.05, 4.69) is 25.9 Å². The van der Waals surface area contributed by atoms with Crippen molar-refractivity contribution in [2.24, 2.45) is 0 Å². The van der Waals surface area contributed by atoms with Crippen LogP contribution in [0.25, 0.3) is 0 Å². The first-order valence-electron chi connectivity index (χ1n) is 12.6. The molecule has 161 valence electrons. The van der Waals surface area contributed by atoms with Crippen LogP contribution < -0.4 is 0 Å². The molecule has 0 nitrogen and oxygen atoms in total. The minimum Gasteiger partial charge on any atom is -0.226 e. The quantitative estimate of drug-likeness (QED) is 0.215. The van der Waals surface area contributed by atoms with Crippen molar-refractivity contribution in [3.8, 4) is 0 Å². The maximum absolute atomic E-state index is 2.66. The second-order valence-electron chi connectivity index (χ2n) is 10.4. The van der Waals surface area contributed by atoms with Crippen LogP contribution >= 0.6 is 0 Å². The first-order valence-corrected chi connectivity index (χ1v) is 15.1. The van der Waals surface area contributed by atoms with Crippen molar-refractivity contribution < 1.29 is 25.8 Å². The maximum Gasteiger partial charge on any atom is 0.0307 e. The van der Waals surface area contributed by atoms with E-state index in [1.807, 2.05) is 5.57 Å². The number of rotatable bonds is 1. The van der Waals surface area contributed by atoms with E-state index in [1.165, 1.54) is 96.3 Å². The molecule has 0 aromatic carbocycles. The molecule has 0 fully saturated rings. The van der Waals surface area contributed by atoms with E-state index in [9.17, 15) is 0 Å². The van der Waals surface area contributed by atoms with Crippen molar-refractivity contribution in [3.05, 3.63) is 57.4 Å². The molecule has 0 saturated heterocycles. The van der Waals surface area contributed by atoms with Gasteiger partial charge in [0.2, 0.25) is 0 Å². The average molecular weight is 582 g/mol. The van der Waals surface area contributed by atoms with Gasteiger partial charge in [0.25, 0.3) is 0 Å². The molecule has 2 heteroatoms. The first-order chi connectivity index (χ1) is 14.2. The van der Waals surface area contributed by atoms with Crippen molar-refractivity contribution in [1.82, 2.24) is 0 Å². The van der Waals surface area contributed by atoms with E-state index < -0.39 is 0 Å². The molecule has 0 aromatic rings. The molecule has 6 aliphatic carbocycles. The van der Waals surface area contributed by atoms with Crippen LogP contribution in [0.5, 0.6) is 0 Å². The molecular weight excluding hydrogens is 543 g/mol. The van der Waals surface area contributed by atoms with Gasteiger partial charge in [-0.15, -0.1) is 17.6 Å². The Morgan fingerprint density at radius 1 is 0.667 bits per heavy atom. The fraction of sp³-hybridized carbons (Fsp3) is 0.643. The van der Waals surface area contributed by atoms with Gasteiger partial charge in [-0.3, -0.25) is 0 Å². The summed E-state index contributed by atoms with van der Waals surface area (Å²) in [6, 6.07) is 0. The summed E-state index contributed by atoms with van der Waals surface area (Å²) in [4.78, 5) is 0. The molecule has 0 bridgehead atoms. The normalized spacial score (nSPS) is 27.4. The van der Waals surface area contributed by atoms with Gasteiger partial charge in [0, 0.05) is 34.6 Å². The van der Waals surface area contributed by atoms with Crippen molar-refractivity contribution in [3.63, 3.8) is 0 Å². The largest absolute Gasteiger partial charge is 0.226 e. The van der Waals surface area contributed by atoms with Crippen LogP contribution in [0.1, 0.15) is 96.3 Å². The Kier molecular flexibility index (Phi) is 7.77. The van der Waals surface area contributed by atoms with Crippen molar-refractivity contribution in [1.29, 1.82) is 0 Å². The third kappa shape index (κ3) is 4.61. The fourth-order valence-electron chi connectivity index (χ4n) is 6.73. The van der Waals surface area contributed by atoms with Gasteiger partial charge in [-0.1, -0.05) is 68.3 Å². The molecule has 0 N–H and O–H groups in total. The van der Waals surface area contributed by atoms with Crippen LogP contribution in [0.4, 0.5) is 0 Å². The summed E-state index contributed by atoms with van der Waals surface area (Å²) in [5, 5.41) is 0. The van der Waals surface area contributed by atoms with Crippen molar-refractivity contribution in [2.45, 2.75) is 115 Å². The summed E-state index contributed by atoms with van der Waals surface area (Å²) in [5.41, 5.74) is 15.2. The second-order valence-corrected chi connectivity index (χ2v) is 13.3. The zero-order valence-electron chi connectivity index (χ0n) is 19.3. The van der Waals surface area contributed by atoms with E-state index in [-0.39, 0.29) is 34.6 Å². The van der Waals surface area contributed by atoms with Gasteiger partial charge >= 0.3 is 0 Å². The van der Waals surface area contributed by atoms with Crippen LogP contribution in [0.3, 0.4) is 0 Å². The zero-order chi connectivity index (χ0) is 19.8. The Bertz CT molecular complexity index is 761. The monoisotopic (exact) mass is 583 g/mol. The molecule has 6 aliphatic rings. The number of allylic oxidation sites excluding steroid dienone is 8. The second kappa shape index (κ2) is 10.2. The predicted molar refractivity (Wildman–Crippen MR) is 127 cm³/mol. The molecule has 0 spiro atoms. The third-order valence-electron chi connectivity index (χ3n) is 8.35. The number of hydrogen-bond acceptors (Lipinski definition) is 0. The summed E-state index contributed by atoms with van der Waals surface area (Å²) in [6.07, 6.45) is 26.1. The van der Waals surface area contributed by atoms with Crippen LogP contribution in [0.2, 0.25) is 18.6 Å². The molecule has 0 saturated carbocycles. The van der Waals surface area contributed by atoms with Gasteiger partial charge < -0.3 is 0 Å². The number of fused-ring (bicyclic) bond motifs is 2. The predicted octanol–water partition coefficient (Wildman–Crippen LogP) is 8.62. The van der Waals surface area contributed by atoms with Crippen molar-refractivity contribution >= 4 is 8.80 Å². The minimum absolute atomic E-state index is 0. The SMILES string of the molecule is C[Si](C)C1[CH-]C2=C(CC1)C1=C(CCCC1)C2.[CH-]1CCCC2=C1CC1=C2CCCC1.[Hf]. The molecule has 1 atom stereocenters. The molecule has 1 radical (unpaired) electrons.